The van der Waals surface area contributed by atoms with Crippen LogP contribution in [0.5, 0.6) is 0 Å². The monoisotopic (exact) mass is 188 g/mol. The van der Waals surface area contributed by atoms with Crippen LogP contribution in [0.2, 0.25) is 0 Å². The Morgan fingerprint density at radius 3 is 2.69 bits per heavy atom. The van der Waals surface area contributed by atoms with E-state index >= 15 is 0 Å². The molecule has 1 aliphatic rings. The van der Waals surface area contributed by atoms with Crippen molar-refractivity contribution in [3.63, 3.8) is 0 Å². The first-order valence-corrected chi connectivity index (χ1v) is 4.63. The predicted octanol–water partition coefficient (Wildman–Crippen LogP) is 1.25. The molecule has 0 aromatic carbocycles. The first-order chi connectivity index (χ1) is 6.18. The first-order valence-electron chi connectivity index (χ1n) is 4.63. The summed E-state index contributed by atoms with van der Waals surface area (Å²) in [5.41, 5.74) is 0. The van der Waals surface area contributed by atoms with Crippen LogP contribution >= 0.6 is 0 Å². The molecule has 0 spiro atoms. The quantitative estimate of drug-likeness (QED) is 0.705. The molecule has 1 heterocycles. The van der Waals surface area contributed by atoms with Gasteiger partial charge in [-0.3, -0.25) is 4.79 Å². The van der Waals surface area contributed by atoms with Gasteiger partial charge in [0.1, 0.15) is 0 Å². The fourth-order valence-electron chi connectivity index (χ4n) is 1.39. The summed E-state index contributed by atoms with van der Waals surface area (Å²) >= 11 is 0. The summed E-state index contributed by atoms with van der Waals surface area (Å²) < 4.78 is 10.5. The Hall–Kier alpha value is -0.610. The third-order valence-corrected chi connectivity index (χ3v) is 2.11. The minimum absolute atomic E-state index is 0.101. The number of hydrogen-bond donors (Lipinski definition) is 1. The van der Waals surface area contributed by atoms with E-state index in [1.165, 1.54) is 0 Å². The molecule has 0 unspecified atom stereocenters. The molecule has 0 aliphatic carbocycles. The summed E-state index contributed by atoms with van der Waals surface area (Å²) in [6.45, 7) is 3.26. The molecule has 4 heteroatoms. The van der Waals surface area contributed by atoms with Gasteiger partial charge in [0, 0.05) is 6.42 Å². The second-order valence-corrected chi connectivity index (χ2v) is 3.45. The Morgan fingerprint density at radius 1 is 1.54 bits per heavy atom. The van der Waals surface area contributed by atoms with Crippen LogP contribution in [-0.4, -0.2) is 30.6 Å². The molecule has 1 fully saturated rings. The van der Waals surface area contributed by atoms with Crippen LogP contribution in [0.15, 0.2) is 0 Å². The highest BCUT2D eigenvalue weighted by atomic mass is 16.7. The Labute approximate surface area is 77.8 Å². The van der Waals surface area contributed by atoms with Gasteiger partial charge in [0.25, 0.3) is 0 Å². The van der Waals surface area contributed by atoms with Crippen molar-refractivity contribution in [2.45, 2.75) is 32.5 Å². The van der Waals surface area contributed by atoms with Crippen LogP contribution in [-0.2, 0) is 14.3 Å². The average Bonchev–Trinajstić information content (AvgIpc) is 2.51. The normalized spacial score (nSPS) is 20.4. The van der Waals surface area contributed by atoms with E-state index in [0.29, 0.717) is 13.2 Å². The van der Waals surface area contributed by atoms with E-state index in [-0.39, 0.29) is 18.6 Å². The molecular formula is C9H16O4. The van der Waals surface area contributed by atoms with Gasteiger partial charge in [0.05, 0.1) is 13.2 Å². The summed E-state index contributed by atoms with van der Waals surface area (Å²) in [7, 11) is 0. The summed E-state index contributed by atoms with van der Waals surface area (Å²) in [6, 6.07) is 0. The van der Waals surface area contributed by atoms with E-state index in [4.69, 9.17) is 14.6 Å². The lowest BCUT2D eigenvalue weighted by atomic mass is 10.0. The summed E-state index contributed by atoms with van der Waals surface area (Å²) in [4.78, 5) is 10.3. The molecule has 1 rings (SSSR count). The zero-order valence-corrected chi connectivity index (χ0v) is 7.86. The molecule has 0 radical (unpaired) electrons. The SMILES string of the molecule is C[C@@H](CCC1OCCO1)CC(=O)O. The molecule has 0 saturated carbocycles. The van der Waals surface area contributed by atoms with Crippen LogP contribution < -0.4 is 0 Å². The van der Waals surface area contributed by atoms with Crippen LogP contribution in [0, 0.1) is 5.92 Å². The standard InChI is InChI=1S/C9H16O4/c1-7(6-8(10)11)2-3-9-12-4-5-13-9/h7,9H,2-6H2,1H3,(H,10,11)/t7-/m0/s1. The van der Waals surface area contributed by atoms with Gasteiger partial charge in [-0.05, 0) is 18.8 Å². The fourth-order valence-corrected chi connectivity index (χ4v) is 1.39. The van der Waals surface area contributed by atoms with Gasteiger partial charge in [-0.1, -0.05) is 6.92 Å². The zero-order valence-electron chi connectivity index (χ0n) is 7.86. The van der Waals surface area contributed by atoms with Gasteiger partial charge >= 0.3 is 5.97 Å². The minimum Gasteiger partial charge on any atom is -0.481 e. The molecule has 0 aromatic heterocycles. The van der Waals surface area contributed by atoms with Crippen LogP contribution in [0.1, 0.15) is 26.2 Å². The van der Waals surface area contributed by atoms with E-state index in [1.54, 1.807) is 0 Å². The Balaban J connectivity index is 2.06. The van der Waals surface area contributed by atoms with Crippen LogP contribution in [0.4, 0.5) is 0 Å². The number of aliphatic carboxylic acids is 1. The van der Waals surface area contributed by atoms with Crippen molar-refractivity contribution in [3.05, 3.63) is 0 Å². The molecule has 1 N–H and O–H groups in total. The van der Waals surface area contributed by atoms with Crippen molar-refractivity contribution < 1.29 is 19.4 Å². The lowest BCUT2D eigenvalue weighted by molar-refractivity contribution is -0.138. The molecule has 1 aliphatic heterocycles. The molecule has 0 aromatic rings. The summed E-state index contributed by atoms with van der Waals surface area (Å²) in [6.07, 6.45) is 1.77. The highest BCUT2D eigenvalue weighted by Crippen LogP contribution is 2.16. The van der Waals surface area contributed by atoms with Gasteiger partial charge in [-0.25, -0.2) is 0 Å². The molecule has 0 bridgehead atoms. The summed E-state index contributed by atoms with van der Waals surface area (Å²) in [5, 5.41) is 8.51. The Kier molecular flexibility index (Phi) is 4.18. The van der Waals surface area contributed by atoms with Crippen LogP contribution in [0.25, 0.3) is 0 Å². The number of carboxylic acid groups (broad SMARTS) is 1. The van der Waals surface area contributed by atoms with Crippen molar-refractivity contribution in [2.75, 3.05) is 13.2 Å². The van der Waals surface area contributed by atoms with E-state index < -0.39 is 5.97 Å². The van der Waals surface area contributed by atoms with Crippen molar-refractivity contribution in [1.29, 1.82) is 0 Å². The van der Waals surface area contributed by atoms with Crippen molar-refractivity contribution >= 4 is 5.97 Å². The molecule has 0 amide bonds. The molecule has 4 nitrogen and oxygen atoms in total. The van der Waals surface area contributed by atoms with Crippen molar-refractivity contribution in [2.24, 2.45) is 5.92 Å². The Morgan fingerprint density at radius 2 is 2.15 bits per heavy atom. The van der Waals surface area contributed by atoms with E-state index in [2.05, 4.69) is 0 Å². The van der Waals surface area contributed by atoms with Crippen molar-refractivity contribution in [1.82, 2.24) is 0 Å². The lowest BCUT2D eigenvalue weighted by Gasteiger charge is -2.11. The van der Waals surface area contributed by atoms with E-state index in [1.807, 2.05) is 6.92 Å². The smallest absolute Gasteiger partial charge is 0.303 e. The summed E-state index contributed by atoms with van der Waals surface area (Å²) in [5.74, 6) is -0.536. The third kappa shape index (κ3) is 4.24. The van der Waals surface area contributed by atoms with Gasteiger partial charge in [-0.15, -0.1) is 0 Å². The number of carboxylic acids is 1. The maximum Gasteiger partial charge on any atom is 0.303 e. The molecule has 1 saturated heterocycles. The largest absolute Gasteiger partial charge is 0.481 e. The lowest BCUT2D eigenvalue weighted by Crippen LogP contribution is -2.11. The topological polar surface area (TPSA) is 55.8 Å². The minimum atomic E-state index is -0.735. The number of hydrogen-bond acceptors (Lipinski definition) is 3. The van der Waals surface area contributed by atoms with Gasteiger partial charge in [0.2, 0.25) is 0 Å². The highest BCUT2D eigenvalue weighted by Gasteiger charge is 2.17. The Bertz CT molecular complexity index is 163. The predicted molar refractivity (Wildman–Crippen MR) is 46.3 cm³/mol. The maximum atomic E-state index is 10.3. The average molecular weight is 188 g/mol. The first kappa shape index (κ1) is 10.5. The number of rotatable bonds is 5. The number of carbonyl (C=O) groups is 1. The second kappa shape index (κ2) is 5.19. The zero-order chi connectivity index (χ0) is 9.68. The maximum absolute atomic E-state index is 10.3. The second-order valence-electron chi connectivity index (χ2n) is 3.45. The molecule has 76 valence electrons. The van der Waals surface area contributed by atoms with E-state index in [0.717, 1.165) is 12.8 Å². The van der Waals surface area contributed by atoms with E-state index in [9.17, 15) is 4.79 Å². The van der Waals surface area contributed by atoms with Gasteiger partial charge in [0.15, 0.2) is 6.29 Å². The molecule has 13 heavy (non-hydrogen) atoms. The molecule has 1 atom stereocenters. The van der Waals surface area contributed by atoms with Gasteiger partial charge in [-0.2, -0.15) is 0 Å². The highest BCUT2D eigenvalue weighted by molar-refractivity contribution is 5.66. The van der Waals surface area contributed by atoms with Crippen LogP contribution in [0.3, 0.4) is 0 Å². The number of ether oxygens (including phenoxy) is 2. The molecular weight excluding hydrogens is 172 g/mol. The van der Waals surface area contributed by atoms with Gasteiger partial charge < -0.3 is 14.6 Å². The third-order valence-electron chi connectivity index (χ3n) is 2.11. The fraction of sp³-hybridized carbons (Fsp3) is 0.889. The van der Waals surface area contributed by atoms with Crippen molar-refractivity contribution in [3.8, 4) is 0 Å².